The quantitative estimate of drug-likeness (QED) is 0.639. The second kappa shape index (κ2) is 8.01. The second-order valence-electron chi connectivity index (χ2n) is 4.43. The van der Waals surface area contributed by atoms with Gasteiger partial charge in [0.15, 0.2) is 0 Å². The molecule has 0 saturated heterocycles. The first-order valence-corrected chi connectivity index (χ1v) is 7.68. The van der Waals surface area contributed by atoms with Gasteiger partial charge >= 0.3 is 5.69 Å². The molecule has 0 amide bonds. The molecule has 7 nitrogen and oxygen atoms in total. The molecular formula is C12H22N4O3S. The van der Waals surface area contributed by atoms with Gasteiger partial charge in [-0.2, -0.15) is 11.8 Å². The Hall–Kier alpha value is -1.41. The number of hydrogen-bond donors (Lipinski definition) is 3. The van der Waals surface area contributed by atoms with Gasteiger partial charge in [-0.3, -0.25) is 14.3 Å². The number of thioether (sulfide) groups is 1. The molecule has 20 heavy (non-hydrogen) atoms. The highest BCUT2D eigenvalue weighted by Crippen LogP contribution is 2.12. The number of anilines is 2. The molecule has 1 atom stereocenters. The standard InChI is InChI=1S/C12H22N4O3S/c1-8(20-3)4-5-14-9-10(13)16(6-7-19-2)12(18)15-11(9)17/h8,14H,4-7,13H2,1-3H3,(H,15,17,18). The van der Waals surface area contributed by atoms with E-state index >= 15 is 0 Å². The van der Waals surface area contributed by atoms with E-state index in [1.54, 1.807) is 11.8 Å². The van der Waals surface area contributed by atoms with Crippen molar-refractivity contribution in [3.63, 3.8) is 0 Å². The predicted molar refractivity (Wildman–Crippen MR) is 83.7 cm³/mol. The number of hydrogen-bond acceptors (Lipinski definition) is 6. The smallest absolute Gasteiger partial charge is 0.330 e. The SMILES string of the molecule is COCCn1c(N)c(NCCC(C)SC)c(=O)[nH]c1=O. The molecule has 4 N–H and O–H groups in total. The van der Waals surface area contributed by atoms with Gasteiger partial charge in [0.2, 0.25) is 0 Å². The summed E-state index contributed by atoms with van der Waals surface area (Å²) in [6, 6.07) is 0. The monoisotopic (exact) mass is 302 g/mol. The van der Waals surface area contributed by atoms with Crippen LogP contribution in [0.4, 0.5) is 11.5 Å². The fourth-order valence-corrected chi connectivity index (χ4v) is 2.04. The number of nitrogens with two attached hydrogens (primary N) is 1. The van der Waals surface area contributed by atoms with E-state index in [0.717, 1.165) is 6.42 Å². The van der Waals surface area contributed by atoms with E-state index in [9.17, 15) is 9.59 Å². The van der Waals surface area contributed by atoms with Gasteiger partial charge in [0.1, 0.15) is 11.5 Å². The Morgan fingerprint density at radius 1 is 1.50 bits per heavy atom. The van der Waals surface area contributed by atoms with Crippen molar-refractivity contribution in [1.82, 2.24) is 9.55 Å². The van der Waals surface area contributed by atoms with Gasteiger partial charge in [-0.05, 0) is 12.7 Å². The Bertz CT molecular complexity index is 540. The fraction of sp³-hybridized carbons (Fsp3) is 0.667. The van der Waals surface area contributed by atoms with E-state index in [0.29, 0.717) is 24.9 Å². The molecule has 0 radical (unpaired) electrons. The molecule has 0 spiro atoms. The Morgan fingerprint density at radius 3 is 2.80 bits per heavy atom. The van der Waals surface area contributed by atoms with Crippen LogP contribution in [0.15, 0.2) is 9.59 Å². The van der Waals surface area contributed by atoms with Gasteiger partial charge in [0, 0.05) is 18.9 Å². The van der Waals surface area contributed by atoms with Crippen molar-refractivity contribution < 1.29 is 4.74 Å². The molecular weight excluding hydrogens is 280 g/mol. The minimum atomic E-state index is -0.521. The van der Waals surface area contributed by atoms with Crippen molar-refractivity contribution >= 4 is 23.3 Å². The third-order valence-corrected chi connectivity index (χ3v) is 4.05. The first-order valence-electron chi connectivity index (χ1n) is 6.39. The number of rotatable bonds is 8. The lowest BCUT2D eigenvalue weighted by molar-refractivity contribution is 0.186. The van der Waals surface area contributed by atoms with Crippen LogP contribution in [0.25, 0.3) is 0 Å². The number of aromatic amines is 1. The van der Waals surface area contributed by atoms with Crippen molar-refractivity contribution in [3.05, 3.63) is 20.8 Å². The van der Waals surface area contributed by atoms with E-state index in [2.05, 4.69) is 17.2 Å². The molecule has 0 aliphatic carbocycles. The van der Waals surface area contributed by atoms with Crippen LogP contribution in [-0.2, 0) is 11.3 Å². The van der Waals surface area contributed by atoms with Crippen molar-refractivity contribution in [3.8, 4) is 0 Å². The second-order valence-corrected chi connectivity index (χ2v) is 5.70. The fourth-order valence-electron chi connectivity index (χ4n) is 1.68. The van der Waals surface area contributed by atoms with Crippen molar-refractivity contribution in [2.45, 2.75) is 25.1 Å². The molecule has 1 rings (SSSR count). The Labute approximate surface area is 121 Å². The van der Waals surface area contributed by atoms with Crippen LogP contribution in [0, 0.1) is 0 Å². The lowest BCUT2D eigenvalue weighted by atomic mass is 10.3. The van der Waals surface area contributed by atoms with Gasteiger partial charge < -0.3 is 15.8 Å². The van der Waals surface area contributed by atoms with Crippen molar-refractivity contribution in [2.75, 3.05) is 37.6 Å². The third-order valence-electron chi connectivity index (χ3n) is 3.01. The van der Waals surface area contributed by atoms with E-state index in [-0.39, 0.29) is 11.5 Å². The summed E-state index contributed by atoms with van der Waals surface area (Å²) in [4.78, 5) is 25.7. The number of nitrogen functional groups attached to an aromatic ring is 1. The van der Waals surface area contributed by atoms with Gasteiger partial charge in [-0.15, -0.1) is 0 Å². The molecule has 0 aliphatic rings. The van der Waals surface area contributed by atoms with Gasteiger partial charge in [0.25, 0.3) is 5.56 Å². The minimum Gasteiger partial charge on any atom is -0.383 e. The first-order chi connectivity index (χ1) is 9.51. The molecule has 0 saturated carbocycles. The summed E-state index contributed by atoms with van der Waals surface area (Å²) in [6.07, 6.45) is 2.94. The summed E-state index contributed by atoms with van der Waals surface area (Å²) in [5, 5.41) is 3.50. The zero-order valence-corrected chi connectivity index (χ0v) is 12.9. The zero-order valence-electron chi connectivity index (χ0n) is 12.1. The molecule has 0 aliphatic heterocycles. The van der Waals surface area contributed by atoms with E-state index < -0.39 is 11.2 Å². The number of aromatic nitrogens is 2. The van der Waals surface area contributed by atoms with Crippen LogP contribution in [0.5, 0.6) is 0 Å². The van der Waals surface area contributed by atoms with Crippen molar-refractivity contribution in [2.24, 2.45) is 0 Å². The van der Waals surface area contributed by atoms with Crippen LogP contribution < -0.4 is 22.3 Å². The van der Waals surface area contributed by atoms with Gasteiger partial charge in [-0.25, -0.2) is 4.79 Å². The number of ether oxygens (including phenoxy) is 1. The van der Waals surface area contributed by atoms with E-state index in [1.165, 1.54) is 11.7 Å². The molecule has 0 fully saturated rings. The summed E-state index contributed by atoms with van der Waals surface area (Å²) < 4.78 is 6.22. The highest BCUT2D eigenvalue weighted by atomic mass is 32.2. The number of H-pyrrole nitrogens is 1. The summed E-state index contributed by atoms with van der Waals surface area (Å²) in [6.45, 7) is 3.38. The molecule has 1 aromatic heterocycles. The average Bonchev–Trinajstić information content (AvgIpc) is 2.41. The molecule has 1 unspecified atom stereocenters. The van der Waals surface area contributed by atoms with Crippen LogP contribution >= 0.6 is 11.8 Å². The van der Waals surface area contributed by atoms with Crippen LogP contribution in [0.2, 0.25) is 0 Å². The van der Waals surface area contributed by atoms with Crippen LogP contribution in [-0.4, -0.2) is 41.3 Å². The maximum atomic E-state index is 11.8. The summed E-state index contributed by atoms with van der Waals surface area (Å²) in [5.74, 6) is 0.146. The molecule has 1 aromatic rings. The maximum absolute atomic E-state index is 11.8. The normalized spacial score (nSPS) is 12.3. The van der Waals surface area contributed by atoms with Crippen LogP contribution in [0.1, 0.15) is 13.3 Å². The lowest BCUT2D eigenvalue weighted by Gasteiger charge is -2.14. The largest absolute Gasteiger partial charge is 0.383 e. The molecule has 114 valence electrons. The predicted octanol–water partition coefficient (Wildman–Crippen LogP) is 0.319. The van der Waals surface area contributed by atoms with Gasteiger partial charge in [-0.1, -0.05) is 6.92 Å². The van der Waals surface area contributed by atoms with E-state index in [1.807, 2.05) is 6.26 Å². The Morgan fingerprint density at radius 2 is 2.20 bits per heavy atom. The Kier molecular flexibility index (Phi) is 6.66. The molecule has 8 heteroatoms. The average molecular weight is 302 g/mol. The minimum absolute atomic E-state index is 0.146. The highest BCUT2D eigenvalue weighted by molar-refractivity contribution is 7.99. The number of methoxy groups -OCH3 is 1. The topological polar surface area (TPSA) is 102 Å². The number of nitrogens with zero attached hydrogens (tertiary/aromatic N) is 1. The third kappa shape index (κ3) is 4.31. The summed E-state index contributed by atoms with van der Waals surface area (Å²) in [7, 11) is 1.54. The first kappa shape index (κ1) is 16.6. The van der Waals surface area contributed by atoms with E-state index in [4.69, 9.17) is 10.5 Å². The number of nitrogens with one attached hydrogen (secondary N) is 2. The zero-order chi connectivity index (χ0) is 15.1. The summed E-state index contributed by atoms with van der Waals surface area (Å²) >= 11 is 1.76. The summed E-state index contributed by atoms with van der Waals surface area (Å²) in [5.41, 5.74) is 5.13. The Balaban J connectivity index is 2.90. The molecule has 0 aromatic carbocycles. The maximum Gasteiger partial charge on any atom is 0.330 e. The lowest BCUT2D eigenvalue weighted by Crippen LogP contribution is -2.35. The van der Waals surface area contributed by atoms with Gasteiger partial charge in [0.05, 0.1) is 13.2 Å². The highest BCUT2D eigenvalue weighted by Gasteiger charge is 2.12. The van der Waals surface area contributed by atoms with Crippen LogP contribution in [0.3, 0.4) is 0 Å². The molecule has 0 bridgehead atoms. The van der Waals surface area contributed by atoms with Crippen molar-refractivity contribution in [1.29, 1.82) is 0 Å². The molecule has 1 heterocycles.